The molecule has 4 fully saturated rings. The first-order valence-corrected chi connectivity index (χ1v) is 13.3. The first-order valence-electron chi connectivity index (χ1n) is 12.5. The third-order valence-electron chi connectivity index (χ3n) is 8.56. The lowest BCUT2D eigenvalue weighted by Crippen LogP contribution is -2.48. The number of anilines is 1. The predicted molar refractivity (Wildman–Crippen MR) is 138 cm³/mol. The Morgan fingerprint density at radius 3 is 2.26 bits per heavy atom. The highest BCUT2D eigenvalue weighted by molar-refractivity contribution is 7.20. The van der Waals surface area contributed by atoms with Crippen LogP contribution in [-0.2, 0) is 5.41 Å². The van der Waals surface area contributed by atoms with Crippen LogP contribution in [0.4, 0.5) is 5.69 Å². The third-order valence-corrected chi connectivity index (χ3v) is 9.67. The van der Waals surface area contributed by atoms with Crippen LogP contribution in [0.5, 0.6) is 0 Å². The summed E-state index contributed by atoms with van der Waals surface area (Å²) < 4.78 is 1.94. The lowest BCUT2D eigenvalue weighted by atomic mass is 9.48. The Hall–Kier alpha value is -2.92. The number of amides is 1. The van der Waals surface area contributed by atoms with Crippen molar-refractivity contribution in [1.29, 1.82) is 0 Å². The van der Waals surface area contributed by atoms with E-state index in [1.165, 1.54) is 55.4 Å². The zero-order chi connectivity index (χ0) is 22.9. The molecule has 0 aliphatic heterocycles. The molecule has 4 saturated carbocycles. The molecule has 34 heavy (non-hydrogen) atoms. The fourth-order valence-corrected chi connectivity index (χ4v) is 8.55. The number of rotatable bonds is 4. The van der Waals surface area contributed by atoms with Crippen LogP contribution in [0, 0.1) is 24.7 Å². The van der Waals surface area contributed by atoms with Gasteiger partial charge in [0.15, 0.2) is 0 Å². The summed E-state index contributed by atoms with van der Waals surface area (Å²) in [5.74, 6) is 2.76. The molecule has 2 aromatic carbocycles. The van der Waals surface area contributed by atoms with E-state index in [-0.39, 0.29) is 5.91 Å². The Bertz CT molecular complexity index is 1350. The molecule has 4 bridgehead atoms. The van der Waals surface area contributed by atoms with Crippen LogP contribution in [0.1, 0.15) is 59.5 Å². The highest BCUT2D eigenvalue weighted by atomic mass is 32.1. The van der Waals surface area contributed by atoms with Gasteiger partial charge in [-0.25, -0.2) is 4.68 Å². The molecule has 2 aromatic heterocycles. The summed E-state index contributed by atoms with van der Waals surface area (Å²) in [6, 6.07) is 20.8. The van der Waals surface area contributed by atoms with Crippen molar-refractivity contribution >= 4 is 33.1 Å². The molecule has 1 N–H and O–H groups in total. The molecular weight excluding hydrogens is 438 g/mol. The predicted octanol–water partition coefficient (Wildman–Crippen LogP) is 7.12. The summed E-state index contributed by atoms with van der Waals surface area (Å²) in [6.45, 7) is 2.00. The average molecular weight is 468 g/mol. The maximum atomic E-state index is 13.1. The Morgan fingerprint density at radius 1 is 0.971 bits per heavy atom. The highest BCUT2D eigenvalue weighted by Gasteiger charge is 2.51. The van der Waals surface area contributed by atoms with Gasteiger partial charge in [0.05, 0.1) is 16.3 Å². The van der Waals surface area contributed by atoms with Gasteiger partial charge in [-0.1, -0.05) is 30.3 Å². The van der Waals surface area contributed by atoms with Crippen LogP contribution in [0.25, 0.3) is 15.9 Å². The van der Waals surface area contributed by atoms with E-state index in [1.807, 2.05) is 48.0 Å². The Labute approximate surface area is 204 Å². The Kier molecular flexibility index (Phi) is 4.54. The van der Waals surface area contributed by atoms with E-state index in [0.29, 0.717) is 10.3 Å². The van der Waals surface area contributed by atoms with Gasteiger partial charge in [0.1, 0.15) is 4.83 Å². The molecule has 4 aliphatic rings. The van der Waals surface area contributed by atoms with Crippen LogP contribution in [0.2, 0.25) is 0 Å². The molecule has 0 unspecified atom stereocenters. The summed E-state index contributed by atoms with van der Waals surface area (Å²) in [6.07, 6.45) is 8.48. The van der Waals surface area contributed by atoms with Crippen LogP contribution < -0.4 is 5.32 Å². The van der Waals surface area contributed by atoms with Gasteiger partial charge in [-0.05, 0) is 105 Å². The van der Waals surface area contributed by atoms with Gasteiger partial charge in [-0.3, -0.25) is 4.79 Å². The zero-order valence-electron chi connectivity index (χ0n) is 19.5. The molecule has 0 radical (unpaired) electrons. The number of nitrogens with zero attached hydrogens (tertiary/aromatic N) is 2. The van der Waals surface area contributed by atoms with Crippen molar-refractivity contribution in [3.05, 3.63) is 76.8 Å². The highest BCUT2D eigenvalue weighted by Crippen LogP contribution is 2.60. The second-order valence-corrected chi connectivity index (χ2v) is 11.9. The van der Waals surface area contributed by atoms with E-state index in [9.17, 15) is 4.79 Å². The molecule has 5 heteroatoms. The number of benzene rings is 2. The first-order chi connectivity index (χ1) is 16.6. The molecular formula is C29H29N3OS. The van der Waals surface area contributed by atoms with Gasteiger partial charge >= 0.3 is 0 Å². The number of aromatic nitrogens is 2. The molecule has 172 valence electrons. The van der Waals surface area contributed by atoms with Crippen LogP contribution in [-0.4, -0.2) is 15.7 Å². The second kappa shape index (κ2) is 7.54. The molecule has 8 rings (SSSR count). The topological polar surface area (TPSA) is 46.9 Å². The van der Waals surface area contributed by atoms with Crippen LogP contribution in [0.3, 0.4) is 0 Å². The van der Waals surface area contributed by atoms with Gasteiger partial charge in [0.2, 0.25) is 0 Å². The number of aryl methyl sites for hydroxylation is 1. The minimum Gasteiger partial charge on any atom is -0.321 e. The fourth-order valence-electron chi connectivity index (χ4n) is 7.47. The van der Waals surface area contributed by atoms with E-state index < -0.39 is 0 Å². The minimum absolute atomic E-state index is 0.0530. The summed E-state index contributed by atoms with van der Waals surface area (Å²) in [4.78, 5) is 14.8. The third kappa shape index (κ3) is 3.24. The standard InChI is InChI=1S/C29H29N3OS/c1-18-25-14-26(34-28(25)32(31-18)24-5-3-2-4-6-24)27(33)30-23-9-7-22(8-10-23)29-15-19-11-20(16-29)13-21(12-19)17-29/h2-10,14,19-21H,11-13,15-17H2,1H3,(H,30,33). The largest absolute Gasteiger partial charge is 0.321 e. The van der Waals surface area contributed by atoms with E-state index in [2.05, 4.69) is 34.7 Å². The number of fused-ring (bicyclic) bond motifs is 1. The van der Waals surface area contributed by atoms with Gasteiger partial charge < -0.3 is 5.32 Å². The van der Waals surface area contributed by atoms with E-state index in [4.69, 9.17) is 0 Å². The number of hydrogen-bond acceptors (Lipinski definition) is 3. The van der Waals surface area contributed by atoms with Crippen molar-refractivity contribution in [1.82, 2.24) is 9.78 Å². The summed E-state index contributed by atoms with van der Waals surface area (Å²) in [7, 11) is 0. The molecule has 2 heterocycles. The van der Waals surface area contributed by atoms with E-state index >= 15 is 0 Å². The molecule has 0 spiro atoms. The van der Waals surface area contributed by atoms with Crippen LogP contribution in [0.15, 0.2) is 60.7 Å². The number of carbonyl (C=O) groups is 1. The Morgan fingerprint density at radius 2 is 1.62 bits per heavy atom. The first kappa shape index (κ1) is 20.5. The van der Waals surface area contributed by atoms with Crippen molar-refractivity contribution in [3.8, 4) is 5.69 Å². The fraction of sp³-hybridized carbons (Fsp3) is 0.379. The average Bonchev–Trinajstić information content (AvgIpc) is 3.40. The molecule has 4 aliphatic carbocycles. The molecule has 4 nitrogen and oxygen atoms in total. The SMILES string of the molecule is Cc1nn(-c2ccccc2)c2sc(C(=O)Nc3ccc(C45CC6CC(CC(C6)C4)C5)cc3)cc12. The van der Waals surface area contributed by atoms with E-state index in [0.717, 1.165) is 45.0 Å². The van der Waals surface area contributed by atoms with Crippen molar-refractivity contribution in [3.63, 3.8) is 0 Å². The maximum absolute atomic E-state index is 13.1. The number of thiophene rings is 1. The lowest BCUT2D eigenvalue weighted by Gasteiger charge is -2.57. The quantitative estimate of drug-likeness (QED) is 0.347. The number of hydrogen-bond donors (Lipinski definition) is 1. The molecule has 0 atom stereocenters. The second-order valence-electron chi connectivity index (χ2n) is 10.9. The molecule has 4 aromatic rings. The van der Waals surface area contributed by atoms with Crippen molar-refractivity contribution < 1.29 is 4.79 Å². The minimum atomic E-state index is -0.0530. The summed E-state index contributed by atoms with van der Waals surface area (Å²) in [5.41, 5.74) is 4.70. The number of nitrogens with one attached hydrogen (secondary N) is 1. The number of para-hydroxylation sites is 1. The van der Waals surface area contributed by atoms with Crippen molar-refractivity contribution in [2.24, 2.45) is 17.8 Å². The van der Waals surface area contributed by atoms with Gasteiger partial charge in [0.25, 0.3) is 5.91 Å². The summed E-state index contributed by atoms with van der Waals surface area (Å²) >= 11 is 1.50. The lowest BCUT2D eigenvalue weighted by molar-refractivity contribution is -0.00518. The van der Waals surface area contributed by atoms with Crippen LogP contribution >= 0.6 is 11.3 Å². The molecule has 0 saturated heterocycles. The molecule has 1 amide bonds. The normalized spacial score (nSPS) is 27.4. The van der Waals surface area contributed by atoms with Gasteiger partial charge in [-0.2, -0.15) is 5.10 Å². The van der Waals surface area contributed by atoms with Crippen molar-refractivity contribution in [2.45, 2.75) is 50.9 Å². The Balaban J connectivity index is 1.12. The van der Waals surface area contributed by atoms with Crippen molar-refractivity contribution in [2.75, 3.05) is 5.32 Å². The number of carbonyl (C=O) groups excluding carboxylic acids is 1. The van der Waals surface area contributed by atoms with Gasteiger partial charge in [-0.15, -0.1) is 11.3 Å². The van der Waals surface area contributed by atoms with Gasteiger partial charge in [0, 0.05) is 11.1 Å². The monoisotopic (exact) mass is 467 g/mol. The summed E-state index contributed by atoms with van der Waals surface area (Å²) in [5, 5.41) is 8.86. The zero-order valence-corrected chi connectivity index (χ0v) is 20.3. The van der Waals surface area contributed by atoms with E-state index in [1.54, 1.807) is 0 Å². The smallest absolute Gasteiger partial charge is 0.265 e. The maximum Gasteiger partial charge on any atom is 0.265 e.